The molecule has 0 aromatic carbocycles. The molecule has 0 bridgehead atoms. The molecule has 0 aromatic heterocycles. The maximum atomic E-state index is 10.6. The smallest absolute Gasteiger partial charge is 0.343 e. The van der Waals surface area contributed by atoms with Crippen molar-refractivity contribution in [2.75, 3.05) is 0 Å². The van der Waals surface area contributed by atoms with Crippen LogP contribution < -0.4 is 0 Å². The van der Waals surface area contributed by atoms with Gasteiger partial charge in [-0.25, -0.2) is 4.79 Å². The van der Waals surface area contributed by atoms with E-state index in [1.165, 1.54) is 6.26 Å². The van der Waals surface area contributed by atoms with Crippen LogP contribution in [0.5, 0.6) is 0 Å². The van der Waals surface area contributed by atoms with Crippen LogP contribution >= 0.6 is 0 Å². The van der Waals surface area contributed by atoms with Gasteiger partial charge in [-0.15, -0.1) is 5.73 Å². The fourth-order valence-corrected chi connectivity index (χ4v) is 0.359. The first kappa shape index (κ1) is 9.73. The van der Waals surface area contributed by atoms with Gasteiger partial charge in [0.05, 0.1) is 12.3 Å². The van der Waals surface area contributed by atoms with Crippen molar-refractivity contribution >= 4 is 5.97 Å². The highest BCUT2D eigenvalue weighted by Crippen LogP contribution is 1.97. The maximum Gasteiger partial charge on any atom is 0.343 e. The van der Waals surface area contributed by atoms with Crippen molar-refractivity contribution in [3.05, 3.63) is 30.2 Å². The number of esters is 1. The minimum Gasteiger partial charge on any atom is -0.431 e. The van der Waals surface area contributed by atoms with Crippen LogP contribution in [0.3, 0.4) is 0 Å². The van der Waals surface area contributed by atoms with Gasteiger partial charge in [0.1, 0.15) is 0 Å². The summed E-state index contributed by atoms with van der Waals surface area (Å²) in [6, 6.07) is 0. The highest BCUT2D eigenvalue weighted by atomic mass is 16.5. The predicted molar refractivity (Wildman–Crippen MR) is 43.9 cm³/mol. The van der Waals surface area contributed by atoms with Gasteiger partial charge in [0, 0.05) is 0 Å². The van der Waals surface area contributed by atoms with Gasteiger partial charge in [-0.05, 0) is 18.9 Å². The minimum absolute atomic E-state index is 0.437. The Kier molecular flexibility index (Phi) is 4.87. The third kappa shape index (κ3) is 5.19. The Bertz CT molecular complexity index is 208. The molecule has 0 amide bonds. The van der Waals surface area contributed by atoms with Gasteiger partial charge in [0.25, 0.3) is 0 Å². The van der Waals surface area contributed by atoms with E-state index >= 15 is 0 Å². The molecule has 0 N–H and O–H groups in total. The first-order chi connectivity index (χ1) is 5.20. The van der Waals surface area contributed by atoms with Crippen molar-refractivity contribution in [3.8, 4) is 0 Å². The number of carbonyl (C=O) groups excluding carboxylic acids is 1. The van der Waals surface area contributed by atoms with Gasteiger partial charge in [-0.1, -0.05) is 13.5 Å². The topological polar surface area (TPSA) is 26.3 Å². The Morgan fingerprint density at radius 2 is 2.36 bits per heavy atom. The largest absolute Gasteiger partial charge is 0.431 e. The van der Waals surface area contributed by atoms with Crippen LogP contribution in [0.1, 0.15) is 20.3 Å². The van der Waals surface area contributed by atoms with Crippen LogP contribution in [0.4, 0.5) is 0 Å². The monoisotopic (exact) mass is 152 g/mol. The molecule has 0 aromatic rings. The first-order valence-corrected chi connectivity index (χ1v) is 3.42. The SMILES string of the molecule is C=C=CC(=O)OC=C(C)CC. The van der Waals surface area contributed by atoms with Crippen molar-refractivity contribution < 1.29 is 9.53 Å². The van der Waals surface area contributed by atoms with Crippen LogP contribution in [0.25, 0.3) is 0 Å². The summed E-state index contributed by atoms with van der Waals surface area (Å²) < 4.78 is 4.68. The highest BCUT2D eigenvalue weighted by Gasteiger charge is 1.91. The second-order valence-corrected chi connectivity index (χ2v) is 2.10. The standard InChI is InChI=1S/C9H12O2/c1-4-6-9(10)11-7-8(3)5-2/h6-7H,1,5H2,2-3H3. The van der Waals surface area contributed by atoms with Crippen LogP contribution in [-0.2, 0) is 9.53 Å². The summed E-state index contributed by atoms with van der Waals surface area (Å²) >= 11 is 0. The van der Waals surface area contributed by atoms with E-state index in [0.717, 1.165) is 18.1 Å². The van der Waals surface area contributed by atoms with Crippen molar-refractivity contribution in [2.45, 2.75) is 20.3 Å². The zero-order valence-corrected chi connectivity index (χ0v) is 6.89. The number of hydrogen-bond donors (Lipinski definition) is 0. The lowest BCUT2D eigenvalue weighted by Gasteiger charge is -1.94. The molecule has 0 saturated carbocycles. The lowest BCUT2D eigenvalue weighted by atomic mass is 10.3. The summed E-state index contributed by atoms with van der Waals surface area (Å²) in [5, 5.41) is 0. The lowest BCUT2D eigenvalue weighted by molar-refractivity contribution is -0.132. The van der Waals surface area contributed by atoms with E-state index in [4.69, 9.17) is 0 Å². The van der Waals surface area contributed by atoms with Crippen LogP contribution in [0.15, 0.2) is 30.2 Å². The van der Waals surface area contributed by atoms with Crippen molar-refractivity contribution in [2.24, 2.45) is 0 Å². The highest BCUT2D eigenvalue weighted by molar-refractivity contribution is 5.82. The summed E-state index contributed by atoms with van der Waals surface area (Å²) in [5.74, 6) is -0.437. The molecule has 0 heterocycles. The third-order valence-corrected chi connectivity index (χ3v) is 1.15. The molecule has 0 unspecified atom stereocenters. The molecule has 2 heteroatoms. The van der Waals surface area contributed by atoms with Crippen molar-refractivity contribution in [1.29, 1.82) is 0 Å². The molecular weight excluding hydrogens is 140 g/mol. The summed E-state index contributed by atoms with van der Waals surface area (Å²) in [4.78, 5) is 10.6. The molecule has 0 rings (SSSR count). The molecule has 0 aliphatic heterocycles. The molecule has 0 radical (unpaired) electrons. The number of rotatable bonds is 3. The van der Waals surface area contributed by atoms with Crippen LogP contribution in [0, 0.1) is 0 Å². The Labute approximate surface area is 66.9 Å². The summed E-state index contributed by atoms with van der Waals surface area (Å²) in [6.07, 6.45) is 3.47. The molecule has 2 nitrogen and oxygen atoms in total. The van der Waals surface area contributed by atoms with Crippen molar-refractivity contribution in [1.82, 2.24) is 0 Å². The second-order valence-electron chi connectivity index (χ2n) is 2.10. The van der Waals surface area contributed by atoms with E-state index in [-0.39, 0.29) is 0 Å². The quantitative estimate of drug-likeness (QED) is 0.268. The predicted octanol–water partition coefficient (Wildman–Crippen LogP) is 2.18. The second kappa shape index (κ2) is 5.51. The lowest BCUT2D eigenvalue weighted by Crippen LogP contribution is -1.93. The Balaban J connectivity index is 3.87. The molecule has 0 spiro atoms. The van der Waals surface area contributed by atoms with Gasteiger partial charge in [-0.2, -0.15) is 0 Å². The summed E-state index contributed by atoms with van der Waals surface area (Å²) in [5.41, 5.74) is 3.35. The Hall–Kier alpha value is -1.27. The molecule has 0 aliphatic rings. The maximum absolute atomic E-state index is 10.6. The zero-order valence-electron chi connectivity index (χ0n) is 6.89. The van der Waals surface area contributed by atoms with Crippen LogP contribution in [0.2, 0.25) is 0 Å². The van der Waals surface area contributed by atoms with Gasteiger partial charge in [-0.3, -0.25) is 0 Å². The molecule has 0 atom stereocenters. The normalized spacial score (nSPS) is 10.2. The van der Waals surface area contributed by atoms with E-state index in [2.05, 4.69) is 17.0 Å². The number of hydrogen-bond acceptors (Lipinski definition) is 2. The van der Waals surface area contributed by atoms with Gasteiger partial charge in [0.15, 0.2) is 0 Å². The average molecular weight is 152 g/mol. The van der Waals surface area contributed by atoms with Crippen LogP contribution in [-0.4, -0.2) is 5.97 Å². The van der Waals surface area contributed by atoms with E-state index in [1.54, 1.807) is 0 Å². The van der Waals surface area contributed by atoms with E-state index in [9.17, 15) is 4.79 Å². The van der Waals surface area contributed by atoms with E-state index in [0.29, 0.717) is 0 Å². The number of allylic oxidation sites excluding steroid dienone is 1. The fraction of sp³-hybridized carbons (Fsp3) is 0.333. The van der Waals surface area contributed by atoms with E-state index < -0.39 is 5.97 Å². The van der Waals surface area contributed by atoms with E-state index in [1.807, 2.05) is 13.8 Å². The molecule has 0 aliphatic carbocycles. The third-order valence-electron chi connectivity index (χ3n) is 1.15. The Morgan fingerprint density at radius 3 is 2.82 bits per heavy atom. The fourth-order valence-electron chi connectivity index (χ4n) is 0.359. The number of ether oxygens (including phenoxy) is 1. The molecule has 0 saturated heterocycles. The minimum atomic E-state index is -0.437. The van der Waals surface area contributed by atoms with Gasteiger partial charge >= 0.3 is 5.97 Å². The summed E-state index contributed by atoms with van der Waals surface area (Å²) in [6.45, 7) is 7.13. The molecule has 11 heavy (non-hydrogen) atoms. The van der Waals surface area contributed by atoms with Crippen molar-refractivity contribution in [3.63, 3.8) is 0 Å². The van der Waals surface area contributed by atoms with Gasteiger partial charge in [0.2, 0.25) is 0 Å². The molecule has 0 fully saturated rings. The number of carbonyl (C=O) groups is 1. The average Bonchev–Trinajstić information content (AvgIpc) is 2.01. The Morgan fingerprint density at radius 1 is 1.73 bits per heavy atom. The first-order valence-electron chi connectivity index (χ1n) is 3.42. The van der Waals surface area contributed by atoms with Gasteiger partial charge < -0.3 is 4.74 Å². The zero-order chi connectivity index (χ0) is 8.69. The molecular formula is C9H12O2. The molecule has 60 valence electrons. The summed E-state index contributed by atoms with van der Waals surface area (Å²) in [7, 11) is 0.